The molecule has 70 valence electrons. The molecule has 0 bridgehead atoms. The van der Waals surface area contributed by atoms with Crippen molar-refractivity contribution in [2.75, 3.05) is 0 Å². The minimum Gasteiger partial charge on any atom is -0.324 e. The zero-order chi connectivity index (χ0) is 10.0. The molecular weight excluding hydrogens is 230 g/mol. The first-order valence-electron chi connectivity index (χ1n) is 3.36. The molecule has 0 radical (unpaired) electrons. The molecule has 0 saturated carbocycles. The summed E-state index contributed by atoms with van der Waals surface area (Å²) < 4.78 is 0. The van der Waals surface area contributed by atoms with Gasteiger partial charge in [0.1, 0.15) is 0 Å². The van der Waals surface area contributed by atoms with E-state index in [1.807, 2.05) is 0 Å². The highest BCUT2D eigenvalue weighted by Gasteiger charge is 2.07. The molecule has 0 unspecified atom stereocenters. The average Bonchev–Trinajstić information content (AvgIpc) is 2.10. The van der Waals surface area contributed by atoms with Crippen molar-refractivity contribution in [2.45, 2.75) is 0 Å². The Hall–Kier alpha value is -0.410. The average molecular weight is 238 g/mol. The monoisotopic (exact) mass is 236 g/mol. The molecular formula is C8H7Cl3N2. The van der Waals surface area contributed by atoms with Gasteiger partial charge in [-0.1, -0.05) is 41.4 Å². The molecule has 0 aliphatic carbocycles. The Morgan fingerprint density at radius 3 is 2.23 bits per heavy atom. The number of rotatable bonds is 2. The van der Waals surface area contributed by atoms with Crippen molar-refractivity contribution in [3.8, 4) is 0 Å². The maximum absolute atomic E-state index is 5.88. The van der Waals surface area contributed by atoms with E-state index in [9.17, 15) is 0 Å². The van der Waals surface area contributed by atoms with Gasteiger partial charge in [-0.2, -0.15) is 0 Å². The molecule has 0 spiro atoms. The van der Waals surface area contributed by atoms with Crippen LogP contribution in [0.4, 0.5) is 0 Å². The summed E-state index contributed by atoms with van der Waals surface area (Å²) in [5, 5.41) is 1.27. The van der Waals surface area contributed by atoms with Gasteiger partial charge >= 0.3 is 0 Å². The standard InChI is InChI=1S/C8H7Cl3N2/c1-4(13-12)5-2-7(10)8(11)3-6(5)9/h2-3,13H,1,12H2. The molecule has 0 heterocycles. The van der Waals surface area contributed by atoms with Crippen molar-refractivity contribution in [1.29, 1.82) is 0 Å². The fourth-order valence-corrected chi connectivity index (χ4v) is 1.49. The summed E-state index contributed by atoms with van der Waals surface area (Å²) in [6.07, 6.45) is 0. The molecule has 0 fully saturated rings. The highest BCUT2D eigenvalue weighted by molar-refractivity contribution is 6.43. The van der Waals surface area contributed by atoms with E-state index in [2.05, 4.69) is 12.0 Å². The number of halogens is 3. The van der Waals surface area contributed by atoms with Crippen LogP contribution in [0.25, 0.3) is 5.70 Å². The topological polar surface area (TPSA) is 38.0 Å². The van der Waals surface area contributed by atoms with E-state index in [4.69, 9.17) is 40.6 Å². The molecule has 1 rings (SSSR count). The fourth-order valence-electron chi connectivity index (χ4n) is 0.832. The first-order chi connectivity index (χ1) is 6.06. The van der Waals surface area contributed by atoms with Gasteiger partial charge in [0.05, 0.1) is 20.8 Å². The number of hydrazine groups is 1. The lowest BCUT2D eigenvalue weighted by atomic mass is 10.2. The SMILES string of the molecule is C=C(NN)c1cc(Cl)c(Cl)cc1Cl. The first kappa shape index (κ1) is 10.7. The number of nitrogens with one attached hydrogen (secondary N) is 1. The summed E-state index contributed by atoms with van der Waals surface area (Å²) >= 11 is 17.4. The Kier molecular flexibility index (Phi) is 3.45. The molecule has 0 aliphatic rings. The van der Waals surface area contributed by atoms with Crippen LogP contribution in [0.5, 0.6) is 0 Å². The van der Waals surface area contributed by atoms with Crippen LogP contribution in [-0.2, 0) is 0 Å². The van der Waals surface area contributed by atoms with E-state index in [1.165, 1.54) is 0 Å². The predicted octanol–water partition coefficient (Wildman–Crippen LogP) is 3.08. The molecule has 0 aliphatic heterocycles. The maximum atomic E-state index is 5.88. The van der Waals surface area contributed by atoms with Gasteiger partial charge in [-0.3, -0.25) is 5.84 Å². The molecule has 2 nitrogen and oxygen atoms in total. The van der Waals surface area contributed by atoms with Crippen LogP contribution in [0.15, 0.2) is 18.7 Å². The van der Waals surface area contributed by atoms with Gasteiger partial charge < -0.3 is 5.43 Å². The van der Waals surface area contributed by atoms with E-state index < -0.39 is 0 Å². The van der Waals surface area contributed by atoms with E-state index in [0.29, 0.717) is 26.3 Å². The fraction of sp³-hybridized carbons (Fsp3) is 0. The van der Waals surface area contributed by atoms with Crippen LogP contribution in [0.2, 0.25) is 15.1 Å². The molecule has 0 amide bonds. The molecule has 0 atom stereocenters. The Morgan fingerprint density at radius 2 is 1.69 bits per heavy atom. The number of hydrogen-bond acceptors (Lipinski definition) is 2. The molecule has 0 saturated heterocycles. The van der Waals surface area contributed by atoms with Crippen molar-refractivity contribution in [3.63, 3.8) is 0 Å². The van der Waals surface area contributed by atoms with Crippen molar-refractivity contribution in [2.24, 2.45) is 5.84 Å². The summed E-state index contributed by atoms with van der Waals surface area (Å²) in [6, 6.07) is 3.15. The van der Waals surface area contributed by atoms with Gasteiger partial charge in [0, 0.05) is 5.56 Å². The lowest BCUT2D eigenvalue weighted by Crippen LogP contribution is -2.19. The third kappa shape index (κ3) is 2.29. The van der Waals surface area contributed by atoms with Gasteiger partial charge in [0.15, 0.2) is 0 Å². The van der Waals surface area contributed by atoms with Gasteiger partial charge in [0.25, 0.3) is 0 Å². The Bertz CT molecular complexity index is 349. The predicted molar refractivity (Wildman–Crippen MR) is 57.8 cm³/mol. The second-order valence-electron chi connectivity index (χ2n) is 2.37. The Labute approximate surface area is 91.2 Å². The largest absolute Gasteiger partial charge is 0.324 e. The number of hydrogen-bond donors (Lipinski definition) is 2. The highest BCUT2D eigenvalue weighted by atomic mass is 35.5. The number of benzene rings is 1. The van der Waals surface area contributed by atoms with E-state index in [-0.39, 0.29) is 0 Å². The lowest BCUT2D eigenvalue weighted by Gasteiger charge is -2.08. The summed E-state index contributed by atoms with van der Waals surface area (Å²) in [7, 11) is 0. The van der Waals surface area contributed by atoms with Gasteiger partial charge in [0.2, 0.25) is 0 Å². The van der Waals surface area contributed by atoms with E-state index >= 15 is 0 Å². The summed E-state index contributed by atoms with van der Waals surface area (Å²) in [4.78, 5) is 0. The van der Waals surface area contributed by atoms with Crippen molar-refractivity contribution in [1.82, 2.24) is 5.43 Å². The normalized spacial score (nSPS) is 9.85. The number of nitrogens with two attached hydrogens (primary N) is 1. The first-order valence-corrected chi connectivity index (χ1v) is 4.50. The molecule has 3 N–H and O–H groups in total. The molecule has 0 aromatic heterocycles. The zero-order valence-electron chi connectivity index (χ0n) is 6.57. The van der Waals surface area contributed by atoms with Crippen LogP contribution < -0.4 is 11.3 Å². The van der Waals surface area contributed by atoms with Gasteiger partial charge in [-0.05, 0) is 12.1 Å². The summed E-state index contributed by atoms with van der Waals surface area (Å²) in [6.45, 7) is 3.65. The van der Waals surface area contributed by atoms with Crippen molar-refractivity contribution < 1.29 is 0 Å². The van der Waals surface area contributed by atoms with Gasteiger partial charge in [-0.25, -0.2) is 0 Å². The van der Waals surface area contributed by atoms with Crippen molar-refractivity contribution >= 4 is 40.5 Å². The van der Waals surface area contributed by atoms with Crippen LogP contribution in [0, 0.1) is 0 Å². The van der Waals surface area contributed by atoms with Crippen molar-refractivity contribution in [3.05, 3.63) is 39.3 Å². The zero-order valence-corrected chi connectivity index (χ0v) is 8.84. The van der Waals surface area contributed by atoms with Crippen LogP contribution in [0.3, 0.4) is 0 Å². The Balaban J connectivity index is 3.23. The third-order valence-corrected chi connectivity index (χ3v) is 2.54. The van der Waals surface area contributed by atoms with E-state index in [1.54, 1.807) is 12.1 Å². The minimum atomic E-state index is 0.403. The molecule has 5 heteroatoms. The van der Waals surface area contributed by atoms with Crippen LogP contribution in [0.1, 0.15) is 5.56 Å². The summed E-state index contributed by atoms with van der Waals surface area (Å²) in [5.74, 6) is 5.18. The summed E-state index contributed by atoms with van der Waals surface area (Å²) in [5.41, 5.74) is 3.52. The van der Waals surface area contributed by atoms with Crippen LogP contribution >= 0.6 is 34.8 Å². The third-order valence-electron chi connectivity index (χ3n) is 1.51. The molecule has 1 aromatic rings. The second kappa shape index (κ2) is 4.20. The molecule has 1 aromatic carbocycles. The highest BCUT2D eigenvalue weighted by Crippen LogP contribution is 2.31. The Morgan fingerprint density at radius 1 is 1.15 bits per heavy atom. The molecule has 13 heavy (non-hydrogen) atoms. The maximum Gasteiger partial charge on any atom is 0.0607 e. The smallest absolute Gasteiger partial charge is 0.0607 e. The van der Waals surface area contributed by atoms with Gasteiger partial charge in [-0.15, -0.1) is 0 Å². The second-order valence-corrected chi connectivity index (χ2v) is 3.59. The quantitative estimate of drug-likeness (QED) is 0.471. The minimum absolute atomic E-state index is 0.403. The van der Waals surface area contributed by atoms with E-state index in [0.717, 1.165) is 0 Å². The lowest BCUT2D eigenvalue weighted by molar-refractivity contribution is 0.995. The van der Waals surface area contributed by atoms with Crippen LogP contribution in [-0.4, -0.2) is 0 Å².